The smallest absolute Gasteiger partial charge is 0.243 e. The number of aryl methyl sites for hydroxylation is 2. The molecule has 0 aliphatic heterocycles. The molecule has 36 heavy (non-hydrogen) atoms. The van der Waals surface area contributed by atoms with E-state index >= 15 is 0 Å². The number of hydrogen-bond acceptors (Lipinski definition) is 3. The molecule has 0 spiro atoms. The molecule has 1 atom stereocenters. The van der Waals surface area contributed by atoms with Crippen molar-refractivity contribution in [3.05, 3.63) is 105 Å². The lowest BCUT2D eigenvalue weighted by molar-refractivity contribution is -0.139. The molecule has 0 unspecified atom stereocenters. The molecule has 7 heteroatoms. The second-order valence-corrected chi connectivity index (χ2v) is 10.7. The highest BCUT2D eigenvalue weighted by atomic mass is 35.5. The third-order valence-electron chi connectivity index (χ3n) is 5.75. The highest BCUT2D eigenvalue weighted by molar-refractivity contribution is 7.99. The van der Waals surface area contributed by atoms with Crippen LogP contribution in [0.15, 0.2) is 66.7 Å². The number of halogens is 2. The van der Waals surface area contributed by atoms with Crippen LogP contribution in [0.25, 0.3) is 0 Å². The van der Waals surface area contributed by atoms with Gasteiger partial charge in [-0.05, 0) is 49.6 Å². The van der Waals surface area contributed by atoms with E-state index in [1.165, 1.54) is 16.7 Å². The van der Waals surface area contributed by atoms with Gasteiger partial charge in [0.15, 0.2) is 0 Å². The summed E-state index contributed by atoms with van der Waals surface area (Å²) in [7, 11) is 0. The summed E-state index contributed by atoms with van der Waals surface area (Å²) >= 11 is 14.1. The molecular weight excluding hydrogens is 511 g/mol. The van der Waals surface area contributed by atoms with Gasteiger partial charge in [0, 0.05) is 35.3 Å². The van der Waals surface area contributed by atoms with Crippen molar-refractivity contribution in [1.29, 1.82) is 0 Å². The Morgan fingerprint density at radius 3 is 2.28 bits per heavy atom. The number of nitrogens with zero attached hydrogens (tertiary/aromatic N) is 1. The zero-order valence-corrected chi connectivity index (χ0v) is 23.2. The minimum atomic E-state index is -0.673. The van der Waals surface area contributed by atoms with E-state index in [9.17, 15) is 9.59 Å². The fourth-order valence-corrected chi connectivity index (χ4v) is 5.48. The SMILES string of the molecule is CCNC(=O)[C@@H](Cc1ccccc1)N(Cc1ccc(Cl)cc1Cl)C(=O)CSCc1cc(C)cc(C)c1. The van der Waals surface area contributed by atoms with Crippen LogP contribution in [0.4, 0.5) is 0 Å². The normalized spacial score (nSPS) is 11.7. The van der Waals surface area contributed by atoms with Gasteiger partial charge in [0.05, 0.1) is 5.75 Å². The summed E-state index contributed by atoms with van der Waals surface area (Å²) in [5.74, 6) is 0.679. The van der Waals surface area contributed by atoms with E-state index in [-0.39, 0.29) is 24.1 Å². The number of nitrogens with one attached hydrogen (secondary N) is 1. The molecule has 0 fully saturated rings. The average molecular weight is 544 g/mol. The predicted molar refractivity (Wildman–Crippen MR) is 152 cm³/mol. The maximum atomic E-state index is 13.6. The zero-order chi connectivity index (χ0) is 26.1. The molecule has 4 nitrogen and oxygen atoms in total. The van der Waals surface area contributed by atoms with Gasteiger partial charge in [-0.2, -0.15) is 0 Å². The number of thioether (sulfide) groups is 1. The highest BCUT2D eigenvalue weighted by Crippen LogP contribution is 2.25. The Hall–Kier alpha value is -2.47. The molecule has 0 bridgehead atoms. The minimum absolute atomic E-state index is 0.109. The number of rotatable bonds is 11. The Morgan fingerprint density at radius 1 is 0.944 bits per heavy atom. The van der Waals surface area contributed by atoms with Crippen LogP contribution in [-0.4, -0.2) is 35.1 Å². The minimum Gasteiger partial charge on any atom is -0.355 e. The quantitative estimate of drug-likeness (QED) is 0.296. The number of amides is 2. The Bertz CT molecular complexity index is 1170. The Morgan fingerprint density at radius 2 is 1.64 bits per heavy atom. The first kappa shape index (κ1) is 28.1. The molecule has 0 radical (unpaired) electrons. The van der Waals surface area contributed by atoms with Crippen molar-refractivity contribution in [1.82, 2.24) is 10.2 Å². The van der Waals surface area contributed by atoms with Gasteiger partial charge in [0.2, 0.25) is 11.8 Å². The van der Waals surface area contributed by atoms with Crippen LogP contribution < -0.4 is 5.32 Å². The van der Waals surface area contributed by atoms with E-state index in [1.54, 1.807) is 28.8 Å². The molecule has 190 valence electrons. The van der Waals surface area contributed by atoms with Gasteiger partial charge in [-0.15, -0.1) is 11.8 Å². The predicted octanol–water partition coefficient (Wildman–Crippen LogP) is 6.62. The van der Waals surface area contributed by atoms with Crippen LogP contribution in [0.1, 0.15) is 34.7 Å². The number of likely N-dealkylation sites (N-methyl/N-ethyl adjacent to an activating group) is 1. The summed E-state index contributed by atoms with van der Waals surface area (Å²) < 4.78 is 0. The Labute approximate surface area is 228 Å². The van der Waals surface area contributed by atoms with E-state index in [1.807, 2.05) is 43.3 Å². The van der Waals surface area contributed by atoms with Crippen LogP contribution in [0.5, 0.6) is 0 Å². The second kappa shape index (κ2) is 13.7. The molecule has 0 aliphatic rings. The van der Waals surface area contributed by atoms with Crippen molar-refractivity contribution < 1.29 is 9.59 Å². The van der Waals surface area contributed by atoms with Crippen LogP contribution in [0.3, 0.4) is 0 Å². The second-order valence-electron chi connectivity index (χ2n) is 8.85. The van der Waals surface area contributed by atoms with Gasteiger partial charge in [-0.3, -0.25) is 9.59 Å². The monoisotopic (exact) mass is 542 g/mol. The summed E-state index contributed by atoms with van der Waals surface area (Å²) in [5.41, 5.74) is 5.32. The topological polar surface area (TPSA) is 49.4 Å². The molecule has 2 amide bonds. The first-order chi connectivity index (χ1) is 17.3. The van der Waals surface area contributed by atoms with Crippen LogP contribution in [0, 0.1) is 13.8 Å². The molecule has 0 aromatic heterocycles. The third-order valence-corrected chi connectivity index (χ3v) is 7.33. The Balaban J connectivity index is 1.86. The number of hydrogen-bond donors (Lipinski definition) is 1. The van der Waals surface area contributed by atoms with Crippen LogP contribution in [0.2, 0.25) is 10.0 Å². The molecule has 3 aromatic rings. The standard InChI is InChI=1S/C29H32Cl2N2O2S/c1-4-32-29(35)27(15-22-8-6-5-7-9-22)33(17-24-10-11-25(30)16-26(24)31)28(34)19-36-18-23-13-20(2)12-21(3)14-23/h5-14,16,27H,4,15,17-19H2,1-3H3,(H,32,35)/t27-/m1/s1. The zero-order valence-electron chi connectivity index (χ0n) is 20.9. The van der Waals surface area contributed by atoms with Crippen LogP contribution >= 0.6 is 35.0 Å². The van der Waals surface area contributed by atoms with Gasteiger partial charge in [-0.1, -0.05) is 88.9 Å². The number of benzene rings is 3. The van der Waals surface area contributed by atoms with Crippen molar-refractivity contribution in [2.45, 2.75) is 45.5 Å². The molecule has 3 aromatic carbocycles. The summed E-state index contributed by atoms with van der Waals surface area (Å²) in [6.07, 6.45) is 0.408. The van der Waals surface area contributed by atoms with E-state index in [0.717, 1.165) is 11.1 Å². The molecule has 0 aliphatic carbocycles. The lowest BCUT2D eigenvalue weighted by atomic mass is 10.0. The molecule has 0 saturated carbocycles. The summed E-state index contributed by atoms with van der Waals surface area (Å²) in [5, 5.41) is 3.90. The summed E-state index contributed by atoms with van der Waals surface area (Å²) in [6, 6.07) is 20.7. The van der Waals surface area contributed by atoms with Crippen LogP contribution in [-0.2, 0) is 28.3 Å². The lowest BCUT2D eigenvalue weighted by Crippen LogP contribution is -2.51. The highest BCUT2D eigenvalue weighted by Gasteiger charge is 2.30. The van der Waals surface area contributed by atoms with Crippen molar-refractivity contribution in [3.63, 3.8) is 0 Å². The molecular formula is C29H32Cl2N2O2S. The molecule has 1 N–H and O–H groups in total. The largest absolute Gasteiger partial charge is 0.355 e. The van der Waals surface area contributed by atoms with E-state index in [2.05, 4.69) is 37.4 Å². The van der Waals surface area contributed by atoms with E-state index in [4.69, 9.17) is 23.2 Å². The molecule has 0 heterocycles. The van der Waals surface area contributed by atoms with Crippen molar-refractivity contribution >= 4 is 46.8 Å². The van der Waals surface area contributed by atoms with Gasteiger partial charge in [0.1, 0.15) is 6.04 Å². The van der Waals surface area contributed by atoms with Crippen molar-refractivity contribution in [2.75, 3.05) is 12.3 Å². The fraction of sp³-hybridized carbons (Fsp3) is 0.310. The Kier molecular flexibility index (Phi) is 10.7. The van der Waals surface area contributed by atoms with E-state index in [0.29, 0.717) is 28.8 Å². The fourth-order valence-electron chi connectivity index (χ4n) is 4.17. The number of carbonyl (C=O) groups excluding carboxylic acids is 2. The van der Waals surface area contributed by atoms with E-state index < -0.39 is 6.04 Å². The average Bonchev–Trinajstić information content (AvgIpc) is 2.82. The number of carbonyl (C=O) groups is 2. The van der Waals surface area contributed by atoms with Crippen molar-refractivity contribution in [3.8, 4) is 0 Å². The van der Waals surface area contributed by atoms with Gasteiger partial charge in [0.25, 0.3) is 0 Å². The molecule has 3 rings (SSSR count). The first-order valence-electron chi connectivity index (χ1n) is 12.0. The van der Waals surface area contributed by atoms with Crippen molar-refractivity contribution in [2.24, 2.45) is 0 Å². The third kappa shape index (κ3) is 8.29. The summed E-state index contributed by atoms with van der Waals surface area (Å²) in [4.78, 5) is 28.5. The van der Waals surface area contributed by atoms with Gasteiger partial charge in [-0.25, -0.2) is 0 Å². The lowest BCUT2D eigenvalue weighted by Gasteiger charge is -2.31. The van der Waals surface area contributed by atoms with Gasteiger partial charge >= 0.3 is 0 Å². The molecule has 0 saturated heterocycles. The maximum Gasteiger partial charge on any atom is 0.243 e. The maximum absolute atomic E-state index is 13.6. The summed E-state index contributed by atoms with van der Waals surface area (Å²) in [6.45, 7) is 6.72. The first-order valence-corrected chi connectivity index (χ1v) is 13.9. The van der Waals surface area contributed by atoms with Gasteiger partial charge < -0.3 is 10.2 Å².